The van der Waals surface area contributed by atoms with Crippen LogP contribution in [0.5, 0.6) is 0 Å². The zero-order valence-corrected chi connectivity index (χ0v) is 7.68. The monoisotopic (exact) mass is 196 g/mol. The zero-order chi connectivity index (χ0) is 10.6. The van der Waals surface area contributed by atoms with Crippen molar-refractivity contribution in [2.24, 2.45) is 0 Å². The van der Waals surface area contributed by atoms with Crippen molar-refractivity contribution < 1.29 is 19.1 Å². The minimum absolute atomic E-state index is 0.0418. The third-order valence-electron chi connectivity index (χ3n) is 1.44. The molecular formula is C8H8N2O4. The summed E-state index contributed by atoms with van der Waals surface area (Å²) in [6, 6.07) is 0. The van der Waals surface area contributed by atoms with Crippen LogP contribution in [-0.2, 0) is 9.47 Å². The summed E-state index contributed by atoms with van der Waals surface area (Å²) in [5.41, 5.74) is 0.0836. The molecule has 0 saturated heterocycles. The summed E-state index contributed by atoms with van der Waals surface area (Å²) in [6.07, 6.45) is 2.30. The number of hydrogen-bond acceptors (Lipinski definition) is 6. The topological polar surface area (TPSA) is 78.4 Å². The Bertz CT molecular complexity index is 312. The molecule has 0 aliphatic rings. The first-order valence-electron chi connectivity index (χ1n) is 3.67. The Hall–Kier alpha value is -1.98. The van der Waals surface area contributed by atoms with Crippen LogP contribution in [0.1, 0.15) is 21.0 Å². The van der Waals surface area contributed by atoms with E-state index in [1.165, 1.54) is 14.2 Å². The molecule has 0 aliphatic carbocycles. The Labute approximate surface area is 79.9 Å². The lowest BCUT2D eigenvalue weighted by Crippen LogP contribution is -2.09. The van der Waals surface area contributed by atoms with E-state index in [9.17, 15) is 9.59 Å². The van der Waals surface area contributed by atoms with Gasteiger partial charge >= 0.3 is 11.9 Å². The number of aromatic nitrogens is 2. The zero-order valence-electron chi connectivity index (χ0n) is 7.68. The fourth-order valence-electron chi connectivity index (χ4n) is 0.748. The highest BCUT2D eigenvalue weighted by atomic mass is 16.5. The molecule has 0 atom stereocenters. The summed E-state index contributed by atoms with van der Waals surface area (Å²) in [5.74, 6) is -1.21. The van der Waals surface area contributed by atoms with Crippen molar-refractivity contribution in [1.82, 2.24) is 9.97 Å². The van der Waals surface area contributed by atoms with Gasteiger partial charge in [-0.25, -0.2) is 19.6 Å². The van der Waals surface area contributed by atoms with E-state index in [1.54, 1.807) is 0 Å². The quantitative estimate of drug-likeness (QED) is 0.622. The van der Waals surface area contributed by atoms with Gasteiger partial charge in [0.2, 0.25) is 0 Å². The van der Waals surface area contributed by atoms with Crippen LogP contribution in [0.25, 0.3) is 0 Å². The van der Waals surface area contributed by atoms with Gasteiger partial charge in [-0.15, -0.1) is 0 Å². The maximum atomic E-state index is 10.9. The number of nitrogens with zero attached hydrogens (tertiary/aromatic N) is 2. The summed E-state index contributed by atoms with van der Waals surface area (Å²) in [7, 11) is 2.47. The molecule has 1 heterocycles. The molecule has 14 heavy (non-hydrogen) atoms. The van der Waals surface area contributed by atoms with Crippen LogP contribution < -0.4 is 0 Å². The van der Waals surface area contributed by atoms with E-state index in [1.807, 2.05) is 0 Å². The number of hydrogen-bond donors (Lipinski definition) is 0. The van der Waals surface area contributed by atoms with E-state index in [0.29, 0.717) is 0 Å². The molecule has 0 bridgehead atoms. The largest absolute Gasteiger partial charge is 0.464 e. The first-order valence-corrected chi connectivity index (χ1v) is 3.67. The minimum atomic E-state index is -0.603. The van der Waals surface area contributed by atoms with Crippen LogP contribution in [0.4, 0.5) is 0 Å². The van der Waals surface area contributed by atoms with E-state index in [2.05, 4.69) is 19.4 Å². The molecule has 6 heteroatoms. The Balaban J connectivity index is 2.89. The molecule has 0 amide bonds. The lowest BCUT2D eigenvalue weighted by molar-refractivity contribution is 0.0575. The van der Waals surface area contributed by atoms with Crippen molar-refractivity contribution in [2.75, 3.05) is 14.2 Å². The van der Waals surface area contributed by atoms with Gasteiger partial charge in [0.15, 0.2) is 11.4 Å². The molecule has 0 radical (unpaired) electrons. The smallest absolute Gasteiger partial charge is 0.358 e. The third kappa shape index (κ3) is 2.03. The highest BCUT2D eigenvalue weighted by Crippen LogP contribution is 1.98. The lowest BCUT2D eigenvalue weighted by atomic mass is 10.4. The van der Waals surface area contributed by atoms with Gasteiger partial charge in [-0.1, -0.05) is 0 Å². The standard InChI is InChI=1S/C8H8N2O4/c1-13-7(11)5-3-10-6(4-9-5)8(12)14-2/h3-4H,1-2H3. The van der Waals surface area contributed by atoms with Crippen LogP contribution in [0.15, 0.2) is 12.4 Å². The summed E-state index contributed by atoms with van der Waals surface area (Å²) >= 11 is 0. The molecule has 0 aliphatic heterocycles. The number of carbonyl (C=O) groups excluding carboxylic acids is 2. The summed E-state index contributed by atoms with van der Waals surface area (Å²) in [4.78, 5) is 29.2. The number of esters is 2. The van der Waals surface area contributed by atoms with Crippen molar-refractivity contribution in [3.05, 3.63) is 23.8 Å². The number of rotatable bonds is 2. The Morgan fingerprint density at radius 2 is 1.36 bits per heavy atom. The maximum absolute atomic E-state index is 10.9. The van der Waals surface area contributed by atoms with E-state index < -0.39 is 11.9 Å². The van der Waals surface area contributed by atoms with Gasteiger partial charge in [-0.3, -0.25) is 0 Å². The van der Waals surface area contributed by atoms with E-state index >= 15 is 0 Å². The van der Waals surface area contributed by atoms with Crippen molar-refractivity contribution in [3.63, 3.8) is 0 Å². The van der Waals surface area contributed by atoms with Crippen LogP contribution in [0.2, 0.25) is 0 Å². The van der Waals surface area contributed by atoms with Gasteiger partial charge in [0.1, 0.15) is 0 Å². The van der Waals surface area contributed by atoms with Crippen molar-refractivity contribution in [1.29, 1.82) is 0 Å². The van der Waals surface area contributed by atoms with E-state index in [0.717, 1.165) is 12.4 Å². The van der Waals surface area contributed by atoms with Crippen molar-refractivity contribution in [2.45, 2.75) is 0 Å². The van der Waals surface area contributed by atoms with Gasteiger partial charge in [-0.2, -0.15) is 0 Å². The molecule has 0 N–H and O–H groups in total. The normalized spacial score (nSPS) is 9.29. The molecule has 1 aromatic rings. The number of carbonyl (C=O) groups is 2. The molecule has 0 saturated carbocycles. The van der Waals surface area contributed by atoms with E-state index in [4.69, 9.17) is 0 Å². The Morgan fingerprint density at radius 1 is 1.00 bits per heavy atom. The number of methoxy groups -OCH3 is 2. The molecular weight excluding hydrogens is 188 g/mol. The van der Waals surface area contributed by atoms with Gasteiger partial charge < -0.3 is 9.47 Å². The second-order valence-corrected chi connectivity index (χ2v) is 2.27. The fraction of sp³-hybridized carbons (Fsp3) is 0.250. The predicted octanol–water partition coefficient (Wildman–Crippen LogP) is 0.0498. The Kier molecular flexibility index (Phi) is 3.11. The van der Waals surface area contributed by atoms with Crippen LogP contribution in [-0.4, -0.2) is 36.1 Å². The molecule has 6 nitrogen and oxygen atoms in total. The van der Waals surface area contributed by atoms with Gasteiger partial charge in [0, 0.05) is 0 Å². The molecule has 1 rings (SSSR count). The highest BCUT2D eigenvalue weighted by Gasteiger charge is 2.11. The molecule has 74 valence electrons. The number of ether oxygens (including phenoxy) is 2. The third-order valence-corrected chi connectivity index (χ3v) is 1.44. The lowest BCUT2D eigenvalue weighted by Gasteiger charge is -1.99. The predicted molar refractivity (Wildman–Crippen MR) is 44.7 cm³/mol. The minimum Gasteiger partial charge on any atom is -0.464 e. The highest BCUT2D eigenvalue weighted by molar-refractivity contribution is 5.89. The molecule has 0 spiro atoms. The summed E-state index contributed by atoms with van der Waals surface area (Å²) in [5, 5.41) is 0. The van der Waals surface area contributed by atoms with Gasteiger partial charge in [0.25, 0.3) is 0 Å². The molecule has 1 aromatic heterocycles. The SMILES string of the molecule is COC(=O)c1cnc(C(=O)OC)cn1. The maximum Gasteiger partial charge on any atom is 0.358 e. The average molecular weight is 196 g/mol. The van der Waals surface area contributed by atoms with Crippen molar-refractivity contribution >= 4 is 11.9 Å². The summed E-state index contributed by atoms with van der Waals surface area (Å²) < 4.78 is 8.81. The van der Waals surface area contributed by atoms with Crippen LogP contribution in [0, 0.1) is 0 Å². The van der Waals surface area contributed by atoms with Gasteiger partial charge in [-0.05, 0) is 0 Å². The van der Waals surface area contributed by atoms with Crippen LogP contribution >= 0.6 is 0 Å². The average Bonchev–Trinajstić information content (AvgIpc) is 2.27. The molecule has 0 unspecified atom stereocenters. The second kappa shape index (κ2) is 4.31. The summed E-state index contributed by atoms with van der Waals surface area (Å²) in [6.45, 7) is 0. The molecule has 0 fully saturated rings. The van der Waals surface area contributed by atoms with Crippen LogP contribution in [0.3, 0.4) is 0 Å². The van der Waals surface area contributed by atoms with E-state index in [-0.39, 0.29) is 11.4 Å². The fourth-order valence-corrected chi connectivity index (χ4v) is 0.748. The van der Waals surface area contributed by atoms with Crippen molar-refractivity contribution in [3.8, 4) is 0 Å². The first kappa shape index (κ1) is 10.1. The Morgan fingerprint density at radius 3 is 1.57 bits per heavy atom. The van der Waals surface area contributed by atoms with Gasteiger partial charge in [0.05, 0.1) is 26.6 Å². The first-order chi connectivity index (χ1) is 6.69. The molecule has 0 aromatic carbocycles. The second-order valence-electron chi connectivity index (χ2n) is 2.27.